The maximum absolute atomic E-state index is 14.0. The molecule has 1 rings (SSSR count). The molecule has 0 saturated carbocycles. The molecular weight excluding hydrogens is 305 g/mol. The molecule has 0 amide bonds. The zero-order valence-corrected chi connectivity index (χ0v) is 15.4. The number of esters is 1. The third-order valence-corrected chi connectivity index (χ3v) is 4.45. The molecule has 0 fully saturated rings. The summed E-state index contributed by atoms with van der Waals surface area (Å²) in [5.74, 6) is -0.376. The predicted octanol–water partition coefficient (Wildman–Crippen LogP) is 5.92. The minimum atomic E-state index is -0.850. The van der Waals surface area contributed by atoms with Crippen LogP contribution in [-0.2, 0) is 11.3 Å². The minimum absolute atomic E-state index is 0.314. The topological polar surface area (TPSA) is 31.2 Å². The van der Waals surface area contributed by atoms with E-state index in [2.05, 4.69) is 11.7 Å². The molecule has 1 aromatic rings. The highest BCUT2D eigenvalue weighted by Crippen LogP contribution is 2.14. The Hall–Kier alpha value is -1.32. The SMILES string of the molecule is CCCCCCCCCCCCC(F)Cn1ccc(C(=O)OC)c1. The van der Waals surface area contributed by atoms with Crippen molar-refractivity contribution in [2.24, 2.45) is 0 Å². The van der Waals surface area contributed by atoms with Gasteiger partial charge in [-0.15, -0.1) is 0 Å². The number of halogens is 1. The van der Waals surface area contributed by atoms with E-state index in [1.807, 2.05) is 0 Å². The van der Waals surface area contributed by atoms with Crippen molar-refractivity contribution in [3.63, 3.8) is 0 Å². The van der Waals surface area contributed by atoms with E-state index in [-0.39, 0.29) is 5.97 Å². The lowest BCUT2D eigenvalue weighted by Gasteiger charge is -2.09. The van der Waals surface area contributed by atoms with Crippen LogP contribution >= 0.6 is 0 Å². The van der Waals surface area contributed by atoms with Crippen molar-refractivity contribution < 1.29 is 13.9 Å². The lowest BCUT2D eigenvalue weighted by Crippen LogP contribution is -2.10. The third-order valence-electron chi connectivity index (χ3n) is 4.45. The van der Waals surface area contributed by atoms with E-state index in [1.54, 1.807) is 23.0 Å². The number of unbranched alkanes of at least 4 members (excludes halogenated alkanes) is 9. The minimum Gasteiger partial charge on any atom is -0.465 e. The highest BCUT2D eigenvalue weighted by Gasteiger charge is 2.10. The van der Waals surface area contributed by atoms with Gasteiger partial charge in [0, 0.05) is 12.4 Å². The van der Waals surface area contributed by atoms with Crippen molar-refractivity contribution in [1.82, 2.24) is 4.57 Å². The van der Waals surface area contributed by atoms with E-state index in [4.69, 9.17) is 0 Å². The number of hydrogen-bond donors (Lipinski definition) is 0. The van der Waals surface area contributed by atoms with Gasteiger partial charge in [-0.2, -0.15) is 0 Å². The quantitative estimate of drug-likeness (QED) is 0.311. The number of hydrogen-bond acceptors (Lipinski definition) is 2. The van der Waals surface area contributed by atoms with Crippen LogP contribution in [0.5, 0.6) is 0 Å². The Morgan fingerprint density at radius 2 is 1.67 bits per heavy atom. The molecule has 3 nitrogen and oxygen atoms in total. The first-order chi connectivity index (χ1) is 11.7. The summed E-state index contributed by atoms with van der Waals surface area (Å²) in [6.45, 7) is 2.56. The molecular formula is C20H34FNO2. The van der Waals surface area contributed by atoms with Crippen molar-refractivity contribution >= 4 is 5.97 Å². The average molecular weight is 339 g/mol. The maximum Gasteiger partial charge on any atom is 0.339 e. The summed E-state index contributed by atoms with van der Waals surface area (Å²) in [6, 6.07) is 1.67. The summed E-state index contributed by atoms with van der Waals surface area (Å²) in [6.07, 6.45) is 15.8. The van der Waals surface area contributed by atoms with Gasteiger partial charge < -0.3 is 9.30 Å². The molecule has 138 valence electrons. The molecule has 1 unspecified atom stereocenters. The van der Waals surface area contributed by atoms with E-state index in [0.717, 1.165) is 12.8 Å². The molecule has 0 bridgehead atoms. The normalized spacial score (nSPS) is 12.3. The molecule has 0 aliphatic rings. The van der Waals surface area contributed by atoms with Crippen LogP contribution in [0.1, 0.15) is 87.9 Å². The lowest BCUT2D eigenvalue weighted by atomic mass is 10.0. The first-order valence-corrected chi connectivity index (χ1v) is 9.55. The summed E-state index contributed by atoms with van der Waals surface area (Å²) < 4.78 is 20.4. The van der Waals surface area contributed by atoms with Gasteiger partial charge in [0.05, 0.1) is 19.2 Å². The largest absolute Gasteiger partial charge is 0.465 e. The molecule has 0 aliphatic heterocycles. The number of methoxy groups -OCH3 is 1. The smallest absolute Gasteiger partial charge is 0.339 e. The van der Waals surface area contributed by atoms with Crippen LogP contribution in [-0.4, -0.2) is 23.8 Å². The van der Waals surface area contributed by atoms with Crippen molar-refractivity contribution in [2.45, 2.75) is 90.3 Å². The standard InChI is InChI=1S/C20H34FNO2/c1-3-4-5-6-7-8-9-10-11-12-13-19(21)17-22-15-14-18(16-22)20(23)24-2/h14-16,19H,3-13,17H2,1-2H3. The molecule has 0 aromatic carbocycles. The van der Waals surface area contributed by atoms with Gasteiger partial charge in [0.2, 0.25) is 0 Å². The van der Waals surface area contributed by atoms with Gasteiger partial charge in [0.15, 0.2) is 0 Å². The van der Waals surface area contributed by atoms with Gasteiger partial charge in [-0.25, -0.2) is 9.18 Å². The Balaban J connectivity index is 2.01. The molecule has 0 spiro atoms. The number of aromatic nitrogens is 1. The van der Waals surface area contributed by atoms with Gasteiger partial charge in [-0.05, 0) is 12.5 Å². The first kappa shape index (κ1) is 20.7. The molecule has 0 radical (unpaired) electrons. The van der Waals surface area contributed by atoms with Gasteiger partial charge >= 0.3 is 5.97 Å². The summed E-state index contributed by atoms with van der Waals surface area (Å²) in [5, 5.41) is 0. The highest BCUT2D eigenvalue weighted by atomic mass is 19.1. The summed E-state index contributed by atoms with van der Waals surface area (Å²) in [4.78, 5) is 11.4. The number of nitrogens with zero attached hydrogens (tertiary/aromatic N) is 1. The van der Waals surface area contributed by atoms with Gasteiger partial charge in [0.25, 0.3) is 0 Å². The summed E-state index contributed by atoms with van der Waals surface area (Å²) in [5.41, 5.74) is 0.476. The number of carbonyl (C=O) groups is 1. The van der Waals surface area contributed by atoms with Gasteiger partial charge in [-0.1, -0.05) is 71.1 Å². The average Bonchev–Trinajstić information content (AvgIpc) is 3.04. The van der Waals surface area contributed by atoms with Crippen LogP contribution in [0.25, 0.3) is 0 Å². The van der Waals surface area contributed by atoms with E-state index in [0.29, 0.717) is 18.5 Å². The first-order valence-electron chi connectivity index (χ1n) is 9.55. The molecule has 24 heavy (non-hydrogen) atoms. The molecule has 0 aliphatic carbocycles. The van der Waals surface area contributed by atoms with Crippen LogP contribution in [0.3, 0.4) is 0 Å². The Morgan fingerprint density at radius 3 is 2.25 bits per heavy atom. The van der Waals surface area contributed by atoms with Crippen molar-refractivity contribution in [1.29, 1.82) is 0 Å². The second-order valence-electron chi connectivity index (χ2n) is 6.66. The van der Waals surface area contributed by atoms with E-state index in [1.165, 1.54) is 58.5 Å². The van der Waals surface area contributed by atoms with Gasteiger partial charge in [-0.3, -0.25) is 0 Å². The zero-order valence-electron chi connectivity index (χ0n) is 15.4. The van der Waals surface area contributed by atoms with E-state index < -0.39 is 6.17 Å². The Morgan fingerprint density at radius 1 is 1.08 bits per heavy atom. The number of ether oxygens (including phenoxy) is 1. The highest BCUT2D eigenvalue weighted by molar-refractivity contribution is 5.89. The predicted molar refractivity (Wildman–Crippen MR) is 97.1 cm³/mol. The lowest BCUT2D eigenvalue weighted by molar-refractivity contribution is 0.0600. The number of carbonyl (C=O) groups excluding carboxylic acids is 1. The molecule has 0 N–H and O–H groups in total. The molecule has 1 atom stereocenters. The second-order valence-corrected chi connectivity index (χ2v) is 6.66. The van der Waals surface area contributed by atoms with Crippen molar-refractivity contribution in [3.05, 3.63) is 24.0 Å². The molecule has 1 heterocycles. The fourth-order valence-corrected chi connectivity index (χ4v) is 2.97. The Kier molecular flexibility index (Phi) is 11.2. The maximum atomic E-state index is 14.0. The van der Waals surface area contributed by atoms with Crippen molar-refractivity contribution in [3.8, 4) is 0 Å². The summed E-state index contributed by atoms with van der Waals surface area (Å²) >= 11 is 0. The summed E-state index contributed by atoms with van der Waals surface area (Å²) in [7, 11) is 1.35. The molecule has 4 heteroatoms. The number of rotatable bonds is 14. The van der Waals surface area contributed by atoms with Crippen LogP contribution in [0.4, 0.5) is 4.39 Å². The van der Waals surface area contributed by atoms with Crippen LogP contribution in [0.2, 0.25) is 0 Å². The fraction of sp³-hybridized carbons (Fsp3) is 0.750. The van der Waals surface area contributed by atoms with Crippen LogP contribution in [0.15, 0.2) is 18.5 Å². The zero-order chi connectivity index (χ0) is 17.6. The Labute approximate surface area is 146 Å². The van der Waals surface area contributed by atoms with Crippen LogP contribution < -0.4 is 0 Å². The monoisotopic (exact) mass is 339 g/mol. The van der Waals surface area contributed by atoms with Crippen LogP contribution in [0, 0.1) is 0 Å². The Bertz CT molecular complexity index is 445. The van der Waals surface area contributed by atoms with E-state index >= 15 is 0 Å². The van der Waals surface area contributed by atoms with E-state index in [9.17, 15) is 9.18 Å². The molecule has 1 aromatic heterocycles. The van der Waals surface area contributed by atoms with Gasteiger partial charge in [0.1, 0.15) is 6.17 Å². The fourth-order valence-electron chi connectivity index (χ4n) is 2.97. The van der Waals surface area contributed by atoms with Crippen molar-refractivity contribution in [2.75, 3.05) is 7.11 Å². The number of alkyl halides is 1. The third kappa shape index (κ3) is 9.09. The second kappa shape index (κ2) is 13.0. The molecule has 0 saturated heterocycles.